The minimum absolute atomic E-state index is 0.0155. The second-order valence-electron chi connectivity index (χ2n) is 3.95. The van der Waals surface area contributed by atoms with E-state index in [0.717, 1.165) is 0 Å². The first-order valence-electron chi connectivity index (χ1n) is 4.63. The molecule has 0 aliphatic carbocycles. The lowest BCUT2D eigenvalue weighted by Crippen LogP contribution is -2.35. The summed E-state index contributed by atoms with van der Waals surface area (Å²) in [6.07, 6.45) is -1.45. The van der Waals surface area contributed by atoms with E-state index in [4.69, 9.17) is 20.1 Å². The molecule has 0 saturated heterocycles. The molecule has 0 radical (unpaired) electrons. The Bertz CT molecular complexity index is 148. The summed E-state index contributed by atoms with van der Waals surface area (Å²) >= 11 is 0. The highest BCUT2D eigenvalue weighted by Gasteiger charge is 2.23. The Kier molecular flexibility index (Phi) is 6.22. The van der Waals surface area contributed by atoms with Crippen molar-refractivity contribution in [2.75, 3.05) is 19.8 Å². The van der Waals surface area contributed by atoms with Crippen LogP contribution >= 0.6 is 0 Å². The smallest absolute Gasteiger partial charge is 0.100 e. The van der Waals surface area contributed by atoms with Crippen LogP contribution < -0.4 is 0 Å². The molecule has 0 rings (SSSR count). The first-order chi connectivity index (χ1) is 6.41. The van der Waals surface area contributed by atoms with Gasteiger partial charge in [0.05, 0.1) is 31.5 Å². The van der Waals surface area contributed by atoms with Crippen LogP contribution in [0.3, 0.4) is 0 Å². The maximum Gasteiger partial charge on any atom is 0.100 e. The molecule has 0 aromatic heterocycles. The maximum atomic E-state index is 9.17. The van der Waals surface area contributed by atoms with Crippen molar-refractivity contribution in [1.29, 1.82) is 0 Å². The zero-order chi connectivity index (χ0) is 11.2. The van der Waals surface area contributed by atoms with E-state index < -0.39 is 17.8 Å². The molecule has 14 heavy (non-hydrogen) atoms. The molecule has 5 nitrogen and oxygen atoms in total. The fraction of sp³-hybridized carbons (Fsp3) is 1.00. The third kappa shape index (κ3) is 6.28. The Morgan fingerprint density at radius 3 is 2.00 bits per heavy atom. The van der Waals surface area contributed by atoms with Gasteiger partial charge in [-0.05, 0) is 13.8 Å². The average Bonchev–Trinajstić information content (AvgIpc) is 2.13. The third-order valence-corrected chi connectivity index (χ3v) is 1.82. The summed E-state index contributed by atoms with van der Waals surface area (Å²) < 4.78 is 5.27. The van der Waals surface area contributed by atoms with Crippen molar-refractivity contribution >= 4 is 0 Å². The van der Waals surface area contributed by atoms with Crippen LogP contribution in [0.1, 0.15) is 20.3 Å². The van der Waals surface area contributed by atoms with E-state index in [1.165, 1.54) is 0 Å². The second-order valence-corrected chi connectivity index (χ2v) is 3.95. The van der Waals surface area contributed by atoms with E-state index in [0.29, 0.717) is 0 Å². The average molecular weight is 208 g/mol. The summed E-state index contributed by atoms with van der Waals surface area (Å²) in [5.74, 6) is 0. The summed E-state index contributed by atoms with van der Waals surface area (Å²) in [6, 6.07) is 0. The van der Waals surface area contributed by atoms with Crippen LogP contribution in [0, 0.1) is 0 Å². The van der Waals surface area contributed by atoms with Crippen LogP contribution in [-0.2, 0) is 4.74 Å². The van der Waals surface area contributed by atoms with Crippen molar-refractivity contribution in [2.24, 2.45) is 0 Å². The van der Waals surface area contributed by atoms with Crippen molar-refractivity contribution in [3.63, 3.8) is 0 Å². The molecular weight excluding hydrogens is 188 g/mol. The number of rotatable bonds is 7. The third-order valence-electron chi connectivity index (χ3n) is 1.82. The van der Waals surface area contributed by atoms with Gasteiger partial charge in [0.2, 0.25) is 0 Å². The molecule has 4 N–H and O–H groups in total. The van der Waals surface area contributed by atoms with Crippen molar-refractivity contribution in [2.45, 2.75) is 38.1 Å². The molecule has 0 heterocycles. The van der Waals surface area contributed by atoms with Gasteiger partial charge >= 0.3 is 0 Å². The summed E-state index contributed by atoms with van der Waals surface area (Å²) in [4.78, 5) is 0. The van der Waals surface area contributed by atoms with Gasteiger partial charge in [0.15, 0.2) is 0 Å². The Hall–Kier alpha value is -0.200. The van der Waals surface area contributed by atoms with E-state index in [9.17, 15) is 5.11 Å². The molecule has 0 fully saturated rings. The van der Waals surface area contributed by atoms with Crippen LogP contribution in [0.5, 0.6) is 0 Å². The largest absolute Gasteiger partial charge is 0.394 e. The lowest BCUT2D eigenvalue weighted by molar-refractivity contribution is -0.0926. The number of aliphatic hydroxyl groups excluding tert-OH is 4. The van der Waals surface area contributed by atoms with Gasteiger partial charge in [0.25, 0.3) is 0 Å². The molecule has 0 bridgehead atoms. The first kappa shape index (κ1) is 13.8. The van der Waals surface area contributed by atoms with Gasteiger partial charge < -0.3 is 25.2 Å². The molecule has 0 saturated carbocycles. The quantitative estimate of drug-likeness (QED) is 0.425. The van der Waals surface area contributed by atoms with Gasteiger partial charge in [-0.2, -0.15) is 0 Å². The molecule has 86 valence electrons. The zero-order valence-corrected chi connectivity index (χ0v) is 8.68. The SMILES string of the molecule is CC(C)(CC(O)CO)OCC(O)CO. The number of hydrogen-bond donors (Lipinski definition) is 4. The number of aliphatic hydroxyl groups is 4. The van der Waals surface area contributed by atoms with E-state index in [1.807, 2.05) is 0 Å². The van der Waals surface area contributed by atoms with Crippen LogP contribution in [0.15, 0.2) is 0 Å². The molecule has 0 aliphatic heterocycles. The Balaban J connectivity index is 3.82. The van der Waals surface area contributed by atoms with Crippen molar-refractivity contribution in [3.05, 3.63) is 0 Å². The second kappa shape index (κ2) is 6.31. The number of ether oxygens (including phenoxy) is 1. The van der Waals surface area contributed by atoms with E-state index in [1.54, 1.807) is 13.8 Å². The summed E-state index contributed by atoms with van der Waals surface area (Å²) in [7, 11) is 0. The summed E-state index contributed by atoms with van der Waals surface area (Å²) in [5.41, 5.74) is -0.627. The predicted octanol–water partition coefficient (Wildman–Crippen LogP) is -1.12. The number of hydrogen-bond acceptors (Lipinski definition) is 5. The van der Waals surface area contributed by atoms with Crippen molar-refractivity contribution in [3.8, 4) is 0 Å². The maximum absolute atomic E-state index is 9.17. The van der Waals surface area contributed by atoms with Crippen LogP contribution in [0.2, 0.25) is 0 Å². The van der Waals surface area contributed by atoms with Gasteiger partial charge in [0, 0.05) is 6.42 Å². The first-order valence-corrected chi connectivity index (χ1v) is 4.63. The van der Waals surface area contributed by atoms with Gasteiger partial charge in [-0.15, -0.1) is 0 Å². The Morgan fingerprint density at radius 2 is 1.57 bits per heavy atom. The monoisotopic (exact) mass is 208 g/mol. The molecule has 5 heteroatoms. The van der Waals surface area contributed by atoms with E-state index in [2.05, 4.69) is 0 Å². The Morgan fingerprint density at radius 1 is 1.07 bits per heavy atom. The standard InChI is InChI=1S/C9H20O5/c1-9(2,3-7(12)4-10)14-6-8(13)5-11/h7-8,10-13H,3-6H2,1-2H3. The highest BCUT2D eigenvalue weighted by molar-refractivity contribution is 4.73. The molecule has 2 atom stereocenters. The highest BCUT2D eigenvalue weighted by Crippen LogP contribution is 2.16. The molecule has 0 aliphatic rings. The molecule has 0 spiro atoms. The minimum atomic E-state index is -0.902. The summed E-state index contributed by atoms with van der Waals surface area (Å²) in [5, 5.41) is 35.4. The van der Waals surface area contributed by atoms with Crippen LogP contribution in [0.4, 0.5) is 0 Å². The fourth-order valence-corrected chi connectivity index (χ4v) is 1.07. The normalized spacial score (nSPS) is 16.7. The predicted molar refractivity (Wildman–Crippen MR) is 50.8 cm³/mol. The Labute approximate surface area is 83.9 Å². The van der Waals surface area contributed by atoms with Gasteiger partial charge in [0.1, 0.15) is 6.10 Å². The van der Waals surface area contributed by atoms with Crippen molar-refractivity contribution in [1.82, 2.24) is 0 Å². The van der Waals surface area contributed by atoms with Gasteiger partial charge in [-0.3, -0.25) is 0 Å². The van der Waals surface area contributed by atoms with Crippen molar-refractivity contribution < 1.29 is 25.2 Å². The topological polar surface area (TPSA) is 90.2 Å². The zero-order valence-electron chi connectivity index (χ0n) is 8.68. The fourth-order valence-electron chi connectivity index (χ4n) is 1.07. The van der Waals surface area contributed by atoms with E-state index in [-0.39, 0.29) is 26.2 Å². The lowest BCUT2D eigenvalue weighted by Gasteiger charge is -2.28. The van der Waals surface area contributed by atoms with Crippen LogP contribution in [-0.4, -0.2) is 58.1 Å². The lowest BCUT2D eigenvalue weighted by atomic mass is 10.0. The van der Waals surface area contributed by atoms with Crippen LogP contribution in [0.25, 0.3) is 0 Å². The molecule has 2 unspecified atom stereocenters. The van der Waals surface area contributed by atoms with E-state index >= 15 is 0 Å². The van der Waals surface area contributed by atoms with Gasteiger partial charge in [-0.25, -0.2) is 0 Å². The molecule has 0 amide bonds. The van der Waals surface area contributed by atoms with Gasteiger partial charge in [-0.1, -0.05) is 0 Å². The minimum Gasteiger partial charge on any atom is -0.394 e. The summed E-state index contributed by atoms with van der Waals surface area (Å²) in [6.45, 7) is 2.85. The molecular formula is C9H20O5. The highest BCUT2D eigenvalue weighted by atomic mass is 16.5. The molecule has 0 aromatic rings. The molecule has 0 aromatic carbocycles.